The molecule has 0 unspecified atom stereocenters. The smallest absolute Gasteiger partial charge is 0.137 e. The van der Waals surface area contributed by atoms with Gasteiger partial charge in [0.05, 0.1) is 5.69 Å². The van der Waals surface area contributed by atoms with Gasteiger partial charge in [0.1, 0.15) is 11.2 Å². The number of furan rings is 1. The topological polar surface area (TPSA) is 16.4 Å². The van der Waals surface area contributed by atoms with Crippen LogP contribution >= 0.6 is 0 Å². The minimum absolute atomic E-state index is 0.862. The maximum Gasteiger partial charge on any atom is 0.137 e. The van der Waals surface area contributed by atoms with Crippen molar-refractivity contribution in [2.45, 2.75) is 0 Å². The summed E-state index contributed by atoms with van der Waals surface area (Å²) in [7, 11) is 0. The van der Waals surface area contributed by atoms with Crippen LogP contribution in [0.2, 0.25) is 0 Å². The van der Waals surface area contributed by atoms with Gasteiger partial charge in [0.2, 0.25) is 0 Å². The molecule has 0 radical (unpaired) electrons. The average molecular weight is 664 g/mol. The lowest BCUT2D eigenvalue weighted by atomic mass is 9.87. The molecule has 2 heteroatoms. The van der Waals surface area contributed by atoms with E-state index in [1.165, 1.54) is 49.4 Å². The molecule has 244 valence electrons. The molecule has 0 saturated carbocycles. The van der Waals surface area contributed by atoms with Crippen LogP contribution in [0.1, 0.15) is 0 Å². The van der Waals surface area contributed by atoms with Crippen molar-refractivity contribution in [2.75, 3.05) is 4.90 Å². The van der Waals surface area contributed by atoms with Gasteiger partial charge in [-0.3, -0.25) is 0 Å². The van der Waals surface area contributed by atoms with E-state index < -0.39 is 0 Å². The van der Waals surface area contributed by atoms with Crippen LogP contribution in [-0.2, 0) is 0 Å². The number of rotatable bonds is 6. The monoisotopic (exact) mass is 663 g/mol. The van der Waals surface area contributed by atoms with Crippen molar-refractivity contribution >= 4 is 60.5 Å². The zero-order valence-corrected chi connectivity index (χ0v) is 28.4. The predicted octanol–water partition coefficient (Wildman–Crippen LogP) is 14.4. The van der Waals surface area contributed by atoms with Gasteiger partial charge in [0.15, 0.2) is 0 Å². The predicted molar refractivity (Wildman–Crippen MR) is 220 cm³/mol. The summed E-state index contributed by atoms with van der Waals surface area (Å²) < 4.78 is 6.49. The van der Waals surface area contributed by atoms with Crippen LogP contribution in [0.25, 0.3) is 76.9 Å². The summed E-state index contributed by atoms with van der Waals surface area (Å²) in [4.78, 5) is 2.41. The molecule has 2 nitrogen and oxygen atoms in total. The quantitative estimate of drug-likeness (QED) is 0.165. The van der Waals surface area contributed by atoms with Gasteiger partial charge in [-0.05, 0) is 85.8 Å². The summed E-state index contributed by atoms with van der Waals surface area (Å²) >= 11 is 0. The highest BCUT2D eigenvalue weighted by atomic mass is 16.3. The Morgan fingerprint density at radius 3 is 1.69 bits per heavy atom. The van der Waals surface area contributed by atoms with Crippen molar-refractivity contribution in [2.24, 2.45) is 0 Å². The van der Waals surface area contributed by atoms with Crippen LogP contribution < -0.4 is 4.90 Å². The van der Waals surface area contributed by atoms with Crippen LogP contribution in [0.4, 0.5) is 17.1 Å². The Balaban J connectivity index is 1.28. The van der Waals surface area contributed by atoms with Gasteiger partial charge in [0, 0.05) is 33.8 Å². The van der Waals surface area contributed by atoms with Gasteiger partial charge in [0.25, 0.3) is 0 Å². The third kappa shape index (κ3) is 5.04. The molecule has 0 fully saturated rings. The van der Waals surface area contributed by atoms with E-state index in [-0.39, 0.29) is 0 Å². The second-order valence-electron chi connectivity index (χ2n) is 13.3. The van der Waals surface area contributed by atoms with Gasteiger partial charge in [-0.15, -0.1) is 0 Å². The lowest BCUT2D eigenvalue weighted by Crippen LogP contribution is -2.12. The first-order valence-corrected chi connectivity index (χ1v) is 17.8. The molecule has 0 spiro atoms. The lowest BCUT2D eigenvalue weighted by molar-refractivity contribution is 0.669. The van der Waals surface area contributed by atoms with Crippen molar-refractivity contribution in [3.05, 3.63) is 200 Å². The number of anilines is 3. The van der Waals surface area contributed by atoms with Gasteiger partial charge >= 0.3 is 0 Å². The molecule has 0 aliphatic rings. The summed E-state index contributed by atoms with van der Waals surface area (Å²) in [6, 6.07) is 71.8. The highest BCUT2D eigenvalue weighted by Crippen LogP contribution is 2.49. The number of hydrogen-bond donors (Lipinski definition) is 0. The standard InChI is InChI=1S/C50H33NO/c1-3-14-34(15-4-1)41-20-9-10-22-46(41)50-43(35-16-5-2-6-17-35)23-13-24-47(50)51(39-29-31-45-44-21-11-12-25-48(44)52-49(45)33-39)38-28-30-42-37(32-38)27-26-36-18-7-8-19-40(36)42/h1-33H. The van der Waals surface area contributed by atoms with Crippen LogP contribution in [0.3, 0.4) is 0 Å². The third-order valence-electron chi connectivity index (χ3n) is 10.3. The van der Waals surface area contributed by atoms with E-state index >= 15 is 0 Å². The maximum atomic E-state index is 6.49. The highest BCUT2D eigenvalue weighted by Gasteiger charge is 2.23. The number of para-hydroxylation sites is 1. The van der Waals surface area contributed by atoms with E-state index in [2.05, 4.69) is 193 Å². The Morgan fingerprint density at radius 1 is 0.327 bits per heavy atom. The van der Waals surface area contributed by atoms with Crippen LogP contribution in [0, 0.1) is 0 Å². The Bertz CT molecular complexity index is 2910. The molecule has 0 saturated heterocycles. The fourth-order valence-electron chi connectivity index (χ4n) is 7.86. The van der Waals surface area contributed by atoms with E-state index in [0.29, 0.717) is 0 Å². The van der Waals surface area contributed by atoms with Crippen LogP contribution in [0.5, 0.6) is 0 Å². The van der Waals surface area contributed by atoms with Gasteiger partial charge < -0.3 is 9.32 Å². The molecule has 9 aromatic carbocycles. The van der Waals surface area contributed by atoms with Crippen molar-refractivity contribution in [1.29, 1.82) is 0 Å². The maximum absolute atomic E-state index is 6.49. The van der Waals surface area contributed by atoms with E-state index in [1.807, 2.05) is 12.1 Å². The summed E-state index contributed by atoms with van der Waals surface area (Å²) in [6.07, 6.45) is 0. The molecular formula is C50H33NO. The summed E-state index contributed by atoms with van der Waals surface area (Å²) in [5.74, 6) is 0. The average Bonchev–Trinajstić information content (AvgIpc) is 3.59. The Kier molecular flexibility index (Phi) is 7.18. The minimum Gasteiger partial charge on any atom is -0.456 e. The number of benzene rings is 9. The fraction of sp³-hybridized carbons (Fsp3) is 0. The normalized spacial score (nSPS) is 11.5. The third-order valence-corrected chi connectivity index (χ3v) is 10.3. The summed E-state index contributed by atoms with van der Waals surface area (Å²) in [5, 5.41) is 7.16. The zero-order chi connectivity index (χ0) is 34.4. The van der Waals surface area contributed by atoms with Crippen LogP contribution in [-0.4, -0.2) is 0 Å². The number of nitrogens with zero attached hydrogens (tertiary/aromatic N) is 1. The van der Waals surface area contributed by atoms with Gasteiger partial charge in [-0.1, -0.05) is 158 Å². The van der Waals surface area contributed by atoms with Crippen molar-refractivity contribution < 1.29 is 4.42 Å². The molecule has 0 aliphatic heterocycles. The van der Waals surface area contributed by atoms with Crippen molar-refractivity contribution in [3.63, 3.8) is 0 Å². The molecule has 0 bridgehead atoms. The van der Waals surface area contributed by atoms with E-state index in [4.69, 9.17) is 4.42 Å². The SMILES string of the molecule is c1ccc(-c2ccccc2-c2c(-c3ccccc3)cccc2N(c2ccc3c(ccc4ccccc43)c2)c2ccc3c(c2)oc2ccccc23)cc1. The van der Waals surface area contributed by atoms with Crippen molar-refractivity contribution in [1.82, 2.24) is 0 Å². The largest absolute Gasteiger partial charge is 0.456 e. The van der Waals surface area contributed by atoms with E-state index in [0.717, 1.165) is 44.6 Å². The highest BCUT2D eigenvalue weighted by molar-refractivity contribution is 6.10. The molecule has 0 aliphatic carbocycles. The van der Waals surface area contributed by atoms with E-state index in [1.54, 1.807) is 0 Å². The molecule has 52 heavy (non-hydrogen) atoms. The molecular weight excluding hydrogens is 631 g/mol. The fourth-order valence-corrected chi connectivity index (χ4v) is 7.86. The molecule has 1 aromatic heterocycles. The van der Waals surface area contributed by atoms with Crippen LogP contribution in [0.15, 0.2) is 205 Å². The summed E-state index contributed by atoms with van der Waals surface area (Å²) in [5.41, 5.74) is 12.0. The second kappa shape index (κ2) is 12.5. The first-order valence-electron chi connectivity index (χ1n) is 17.8. The van der Waals surface area contributed by atoms with Gasteiger partial charge in [-0.25, -0.2) is 0 Å². The Hall–Kier alpha value is -6.90. The molecule has 0 amide bonds. The Labute approximate surface area is 302 Å². The number of fused-ring (bicyclic) bond motifs is 6. The molecule has 1 heterocycles. The zero-order valence-electron chi connectivity index (χ0n) is 28.4. The molecule has 0 N–H and O–H groups in total. The minimum atomic E-state index is 0.862. The first kappa shape index (κ1) is 30.0. The Morgan fingerprint density at radius 2 is 0.885 bits per heavy atom. The summed E-state index contributed by atoms with van der Waals surface area (Å²) in [6.45, 7) is 0. The van der Waals surface area contributed by atoms with Crippen molar-refractivity contribution in [3.8, 4) is 33.4 Å². The number of hydrogen-bond acceptors (Lipinski definition) is 2. The second-order valence-corrected chi connectivity index (χ2v) is 13.3. The molecule has 10 rings (SSSR count). The van der Waals surface area contributed by atoms with Gasteiger partial charge in [-0.2, -0.15) is 0 Å². The molecule has 0 atom stereocenters. The van der Waals surface area contributed by atoms with E-state index in [9.17, 15) is 0 Å². The lowest BCUT2D eigenvalue weighted by Gasteiger charge is -2.30. The first-order chi connectivity index (χ1) is 25.8. The molecule has 10 aromatic rings.